The highest BCUT2D eigenvalue weighted by molar-refractivity contribution is 7.99. The van der Waals surface area contributed by atoms with Crippen molar-refractivity contribution in [2.45, 2.75) is 35.8 Å². The first-order valence-electron chi connectivity index (χ1n) is 11.1. The van der Waals surface area contributed by atoms with Crippen LogP contribution in [0.1, 0.15) is 50.0 Å². The predicted octanol–water partition coefficient (Wildman–Crippen LogP) is 6.15. The smallest absolute Gasteiger partial charge is 0.435 e. The lowest BCUT2D eigenvalue weighted by Crippen LogP contribution is -2.43. The Morgan fingerprint density at radius 1 is 1.02 bits per heavy atom. The minimum absolute atomic E-state index is 0.0893. The van der Waals surface area contributed by atoms with Crippen LogP contribution >= 0.6 is 11.8 Å². The van der Waals surface area contributed by atoms with E-state index in [-0.39, 0.29) is 40.5 Å². The van der Waals surface area contributed by atoms with Crippen LogP contribution in [0.2, 0.25) is 0 Å². The number of aromatic carboxylic acids is 1. The first kappa shape index (κ1) is 30.1. The fraction of sp³-hybridized carbons (Fsp3) is 0.292. The monoisotopic (exact) mass is 613 g/mol. The van der Waals surface area contributed by atoms with Crippen molar-refractivity contribution in [3.05, 3.63) is 76.1 Å². The molecule has 0 bridgehead atoms. The van der Waals surface area contributed by atoms with E-state index in [4.69, 9.17) is 5.73 Å². The number of nitrogens with zero attached hydrogens (tertiary/aromatic N) is 2. The fourth-order valence-electron chi connectivity index (χ4n) is 4.50. The summed E-state index contributed by atoms with van der Waals surface area (Å²) in [5.41, 5.74) is -5.03. The number of aromatic nitrogens is 1. The summed E-state index contributed by atoms with van der Waals surface area (Å²) >= 11 is 0.948. The maximum Gasteiger partial charge on any atom is 0.435 e. The number of rotatable bonds is 6. The molecule has 1 amide bonds. The molecule has 3 N–H and O–H groups in total. The Kier molecular flexibility index (Phi) is 7.25. The number of hydrogen-bond acceptors (Lipinski definition) is 5. The molecule has 0 aliphatic carbocycles. The van der Waals surface area contributed by atoms with Crippen molar-refractivity contribution in [3.8, 4) is 0 Å². The fourth-order valence-corrected chi connectivity index (χ4v) is 5.18. The number of primary amides is 1. The van der Waals surface area contributed by atoms with Gasteiger partial charge in [0.1, 0.15) is 11.0 Å². The van der Waals surface area contributed by atoms with Gasteiger partial charge in [0.15, 0.2) is 0 Å². The van der Waals surface area contributed by atoms with Gasteiger partial charge in [0.25, 0.3) is 5.60 Å². The molecule has 0 saturated heterocycles. The second-order valence-corrected chi connectivity index (χ2v) is 9.81. The number of carboxylic acid groups (broad SMARTS) is 1. The summed E-state index contributed by atoms with van der Waals surface area (Å²) in [7, 11) is 0. The lowest BCUT2D eigenvalue weighted by atomic mass is 9.85. The van der Waals surface area contributed by atoms with E-state index in [0.717, 1.165) is 28.3 Å². The molecule has 220 valence electrons. The first-order valence-corrected chi connectivity index (χ1v) is 12.4. The molecule has 1 aliphatic rings. The van der Waals surface area contributed by atoms with Gasteiger partial charge in [0, 0.05) is 17.3 Å². The predicted molar refractivity (Wildman–Crippen MR) is 126 cm³/mol. The zero-order chi connectivity index (χ0) is 30.7. The lowest BCUT2D eigenvalue weighted by molar-refractivity contribution is -0.276. The van der Waals surface area contributed by atoms with Crippen molar-refractivity contribution < 1.29 is 59.0 Å². The second-order valence-electron chi connectivity index (χ2n) is 8.87. The van der Waals surface area contributed by atoms with E-state index < -0.39 is 70.1 Å². The van der Waals surface area contributed by atoms with E-state index in [9.17, 15) is 54.2 Å². The van der Waals surface area contributed by atoms with Crippen LogP contribution in [0.4, 0.5) is 39.5 Å². The van der Waals surface area contributed by atoms with Crippen molar-refractivity contribution in [2.75, 3.05) is 6.26 Å². The van der Waals surface area contributed by atoms with Crippen molar-refractivity contribution in [2.24, 2.45) is 10.9 Å². The molecule has 2 unspecified atom stereocenters. The van der Waals surface area contributed by atoms with Crippen LogP contribution in [0.5, 0.6) is 0 Å². The van der Waals surface area contributed by atoms with Gasteiger partial charge < -0.3 is 20.1 Å². The van der Waals surface area contributed by atoms with E-state index in [1.807, 2.05) is 0 Å². The van der Waals surface area contributed by atoms with Gasteiger partial charge in [-0.25, -0.2) is 4.79 Å². The number of amides is 1. The van der Waals surface area contributed by atoms with Crippen LogP contribution in [0.25, 0.3) is 5.52 Å². The topological polar surface area (TPSA) is 106 Å². The van der Waals surface area contributed by atoms with Crippen molar-refractivity contribution in [1.82, 2.24) is 4.40 Å². The average Bonchev–Trinajstić information content (AvgIpc) is 3.49. The number of benzene rings is 1. The highest BCUT2D eigenvalue weighted by atomic mass is 32.2. The van der Waals surface area contributed by atoms with Gasteiger partial charge in [-0.3, -0.25) is 4.79 Å². The Morgan fingerprint density at radius 2 is 1.61 bits per heavy atom. The summed E-state index contributed by atoms with van der Waals surface area (Å²) in [5.74, 6) is -2.32. The number of carboxylic acids is 1. The average molecular weight is 613 g/mol. The summed E-state index contributed by atoms with van der Waals surface area (Å²) < 4.78 is 125. The molecule has 7 nitrogen and oxygen atoms in total. The van der Waals surface area contributed by atoms with Crippen LogP contribution in [0.3, 0.4) is 0 Å². The quantitative estimate of drug-likeness (QED) is 0.325. The summed E-state index contributed by atoms with van der Waals surface area (Å²) in [6, 6.07) is 2.84. The number of thioether (sulfide) groups is 1. The summed E-state index contributed by atoms with van der Waals surface area (Å²) in [5, 5.41) is 12.0. The standard InChI is InChI=1S/C24H16F9N3O4S/c1-41-18(19(34)37)13-4-5-36-16(3-2-14(17(13)36)20(38)39)15-9-21(40-35-15,24(31,32)33)10-6-11(22(25,26)27)8-12(7-10)23(28,29)30/h2-8,18H,9H2,1H3,(H2,34,37)(H,38,39). The van der Waals surface area contributed by atoms with E-state index in [2.05, 4.69) is 9.99 Å². The third-order valence-corrected chi connectivity index (χ3v) is 7.34. The number of halogens is 9. The number of nitrogens with two attached hydrogens (primary N) is 1. The van der Waals surface area contributed by atoms with Crippen LogP contribution in [-0.2, 0) is 27.6 Å². The number of fused-ring (bicyclic) bond motifs is 1. The zero-order valence-electron chi connectivity index (χ0n) is 20.3. The van der Waals surface area contributed by atoms with Gasteiger partial charge in [-0.1, -0.05) is 5.16 Å². The molecule has 4 rings (SSSR count). The number of alkyl halides is 9. The number of pyridine rings is 1. The summed E-state index contributed by atoms with van der Waals surface area (Å²) in [6.45, 7) is 0. The minimum atomic E-state index is -5.57. The molecule has 3 heterocycles. The number of hydrogen-bond donors (Lipinski definition) is 2. The molecule has 2 aromatic heterocycles. The Balaban J connectivity index is 1.91. The van der Waals surface area contributed by atoms with E-state index >= 15 is 0 Å². The van der Waals surface area contributed by atoms with Crippen molar-refractivity contribution in [1.29, 1.82) is 0 Å². The van der Waals surface area contributed by atoms with Crippen LogP contribution in [-0.4, -0.2) is 39.5 Å². The summed E-state index contributed by atoms with van der Waals surface area (Å²) in [4.78, 5) is 28.5. The normalized spacial score (nSPS) is 18.7. The largest absolute Gasteiger partial charge is 0.478 e. The van der Waals surface area contributed by atoms with Crippen molar-refractivity contribution >= 4 is 34.9 Å². The van der Waals surface area contributed by atoms with Crippen LogP contribution in [0.15, 0.2) is 47.8 Å². The Hall–Kier alpha value is -3.89. The molecule has 0 radical (unpaired) electrons. The Morgan fingerprint density at radius 3 is 2.07 bits per heavy atom. The van der Waals surface area contributed by atoms with Crippen LogP contribution in [0, 0.1) is 0 Å². The highest BCUT2D eigenvalue weighted by Crippen LogP contribution is 2.51. The zero-order valence-corrected chi connectivity index (χ0v) is 21.1. The van der Waals surface area contributed by atoms with Gasteiger partial charge in [0.2, 0.25) is 5.91 Å². The minimum Gasteiger partial charge on any atom is -0.478 e. The maximum atomic E-state index is 14.5. The SMILES string of the molecule is CSC(C(N)=O)c1ccn2c(C3=NOC(c4cc(C(F)(F)F)cc(C(F)(F)F)c4)(C(F)(F)F)C3)ccc(C(=O)O)c12. The van der Waals surface area contributed by atoms with Gasteiger partial charge in [-0.05, 0) is 42.7 Å². The van der Waals surface area contributed by atoms with Gasteiger partial charge >= 0.3 is 24.5 Å². The number of carbonyl (C=O) groups excluding carboxylic acids is 1. The first-order chi connectivity index (χ1) is 18.8. The molecular formula is C24H16F9N3O4S. The molecule has 0 spiro atoms. The molecule has 3 aromatic rings. The Bertz CT molecular complexity index is 1550. The van der Waals surface area contributed by atoms with Crippen LogP contribution < -0.4 is 5.73 Å². The third kappa shape index (κ3) is 5.17. The summed E-state index contributed by atoms with van der Waals surface area (Å²) in [6.07, 6.45) is -15.1. The van der Waals surface area contributed by atoms with E-state index in [1.54, 1.807) is 0 Å². The molecule has 17 heteroatoms. The molecule has 41 heavy (non-hydrogen) atoms. The molecule has 0 saturated carbocycles. The lowest BCUT2D eigenvalue weighted by Gasteiger charge is -2.30. The molecule has 1 aromatic carbocycles. The van der Waals surface area contributed by atoms with Gasteiger partial charge in [-0.2, -0.15) is 39.5 Å². The van der Waals surface area contributed by atoms with Crippen molar-refractivity contribution in [3.63, 3.8) is 0 Å². The van der Waals surface area contributed by atoms with Gasteiger partial charge in [0.05, 0.1) is 34.3 Å². The maximum absolute atomic E-state index is 14.5. The third-order valence-electron chi connectivity index (χ3n) is 6.38. The van der Waals surface area contributed by atoms with E-state index in [0.29, 0.717) is 0 Å². The number of oxime groups is 1. The van der Waals surface area contributed by atoms with E-state index in [1.165, 1.54) is 18.5 Å². The number of carbonyl (C=O) groups is 2. The molecule has 1 aliphatic heterocycles. The highest BCUT2D eigenvalue weighted by Gasteiger charge is 2.63. The molecule has 2 atom stereocenters. The second kappa shape index (κ2) is 9.88. The molecular weight excluding hydrogens is 597 g/mol. The Labute approximate surface area is 227 Å². The van der Waals surface area contributed by atoms with Gasteiger partial charge in [-0.15, -0.1) is 11.8 Å². The molecule has 0 fully saturated rings.